The first-order valence-electron chi connectivity index (χ1n) is 7.02. The molecule has 0 saturated heterocycles. The zero-order valence-corrected chi connectivity index (χ0v) is 14.5. The van der Waals surface area contributed by atoms with E-state index < -0.39 is 21.7 Å². The lowest BCUT2D eigenvalue weighted by molar-refractivity contribution is -0.0258. The smallest absolute Gasteiger partial charge is 0.319 e. The summed E-state index contributed by atoms with van der Waals surface area (Å²) in [6.07, 6.45) is 0.507. The van der Waals surface area contributed by atoms with Crippen molar-refractivity contribution in [1.29, 1.82) is 0 Å². The number of rotatable bonds is 7. The lowest BCUT2D eigenvalue weighted by Crippen LogP contribution is -2.41. The Morgan fingerprint density at radius 2 is 1.91 bits per heavy atom. The number of carbonyl (C=O) groups is 1. The van der Waals surface area contributed by atoms with E-state index in [2.05, 4.69) is 15.5 Å². The van der Waals surface area contributed by atoms with E-state index >= 15 is 0 Å². The molecule has 130 valence electrons. The Morgan fingerprint density at radius 1 is 1.35 bits per heavy atom. The van der Waals surface area contributed by atoms with Gasteiger partial charge in [0.1, 0.15) is 0 Å². The number of hydroxylamine groups is 1. The van der Waals surface area contributed by atoms with Gasteiger partial charge in [0.2, 0.25) is 0 Å². The van der Waals surface area contributed by atoms with Gasteiger partial charge in [-0.05, 0) is 37.6 Å². The van der Waals surface area contributed by atoms with Crippen molar-refractivity contribution in [3.63, 3.8) is 0 Å². The van der Waals surface area contributed by atoms with E-state index in [-0.39, 0.29) is 11.4 Å². The molecule has 1 rings (SSSR count). The zero-order valence-electron chi connectivity index (χ0n) is 13.7. The Morgan fingerprint density at radius 3 is 2.39 bits per heavy atom. The minimum Gasteiger partial charge on any atom is -0.388 e. The maximum absolute atomic E-state index is 12.0. The number of sulfonamides is 1. The molecular formula is C14H23N3O5S. The molecule has 0 aliphatic carbocycles. The van der Waals surface area contributed by atoms with Crippen LogP contribution in [0.1, 0.15) is 20.3 Å². The summed E-state index contributed by atoms with van der Waals surface area (Å²) in [6, 6.07) is 5.18. The third-order valence-electron chi connectivity index (χ3n) is 3.40. The fraction of sp³-hybridized carbons (Fsp3) is 0.500. The molecule has 1 unspecified atom stereocenters. The van der Waals surface area contributed by atoms with Crippen molar-refractivity contribution < 1.29 is 23.2 Å². The maximum atomic E-state index is 12.0. The Balaban J connectivity index is 2.70. The number of hydrogen-bond donors (Lipinski definition) is 3. The number of carbonyl (C=O) groups excluding carboxylic acids is 1. The van der Waals surface area contributed by atoms with Crippen LogP contribution in [0.5, 0.6) is 0 Å². The second-order valence-electron chi connectivity index (χ2n) is 5.28. The highest BCUT2D eigenvalue weighted by molar-refractivity contribution is 7.89. The molecule has 0 heterocycles. The van der Waals surface area contributed by atoms with Crippen molar-refractivity contribution in [2.75, 3.05) is 26.0 Å². The van der Waals surface area contributed by atoms with Gasteiger partial charge in [-0.2, -0.15) is 0 Å². The predicted molar refractivity (Wildman–Crippen MR) is 86.3 cm³/mol. The van der Waals surface area contributed by atoms with Gasteiger partial charge in [-0.3, -0.25) is 4.84 Å². The van der Waals surface area contributed by atoms with Crippen molar-refractivity contribution in [2.24, 2.45) is 0 Å². The first-order chi connectivity index (χ1) is 10.6. The highest BCUT2D eigenvalue weighted by Crippen LogP contribution is 2.17. The fourth-order valence-electron chi connectivity index (χ4n) is 1.53. The second-order valence-corrected chi connectivity index (χ2v) is 7.22. The van der Waals surface area contributed by atoms with Crippen LogP contribution in [-0.4, -0.2) is 50.3 Å². The topological polar surface area (TPSA) is 108 Å². The summed E-state index contributed by atoms with van der Waals surface area (Å²) >= 11 is 0. The average Bonchev–Trinajstić information content (AvgIpc) is 2.52. The number of nitrogens with zero attached hydrogens (tertiary/aromatic N) is 1. The number of aliphatic hydroxyl groups is 1. The molecule has 1 aromatic carbocycles. The number of amides is 2. The van der Waals surface area contributed by atoms with E-state index in [1.54, 1.807) is 6.92 Å². The van der Waals surface area contributed by atoms with Crippen LogP contribution in [0.25, 0.3) is 0 Å². The largest absolute Gasteiger partial charge is 0.388 e. The second kappa shape index (κ2) is 7.73. The third-order valence-corrected chi connectivity index (χ3v) is 5.09. The summed E-state index contributed by atoms with van der Waals surface area (Å²) < 4.78 is 24.8. The molecule has 0 bridgehead atoms. The summed E-state index contributed by atoms with van der Waals surface area (Å²) in [5.74, 6) is 0. The van der Waals surface area contributed by atoms with Crippen LogP contribution in [0.15, 0.2) is 29.2 Å². The Bertz CT molecular complexity index is 628. The summed E-state index contributed by atoms with van der Waals surface area (Å²) in [4.78, 5) is 16.5. The molecule has 0 spiro atoms. The standard InChI is InChI=1S/C14H23N3O5S/c1-5-14(2,19)10-15-13(18)16-11-6-8-12(9-7-11)23(20,21)17(3)22-4/h6-9,19H,5,10H2,1-4H3,(H2,15,16,18). The molecule has 1 atom stereocenters. The minimum absolute atomic E-state index is 0.0433. The van der Waals surface area contributed by atoms with Gasteiger partial charge in [0, 0.05) is 19.3 Å². The van der Waals surface area contributed by atoms with Crippen LogP contribution in [-0.2, 0) is 14.9 Å². The highest BCUT2D eigenvalue weighted by Gasteiger charge is 2.21. The van der Waals surface area contributed by atoms with E-state index in [1.165, 1.54) is 38.4 Å². The lowest BCUT2D eigenvalue weighted by Gasteiger charge is -2.21. The summed E-state index contributed by atoms with van der Waals surface area (Å²) in [7, 11) is -1.18. The van der Waals surface area contributed by atoms with E-state index in [0.717, 1.165) is 4.47 Å². The summed E-state index contributed by atoms with van der Waals surface area (Å²) in [6.45, 7) is 3.55. The lowest BCUT2D eigenvalue weighted by atomic mass is 10.0. The minimum atomic E-state index is -3.72. The van der Waals surface area contributed by atoms with Gasteiger partial charge >= 0.3 is 6.03 Å². The Kier molecular flexibility index (Phi) is 6.51. The number of anilines is 1. The Hall–Kier alpha value is -1.68. The molecule has 1 aromatic rings. The quantitative estimate of drug-likeness (QED) is 0.643. The molecule has 0 aliphatic rings. The van der Waals surface area contributed by atoms with E-state index in [4.69, 9.17) is 0 Å². The molecule has 8 nitrogen and oxygen atoms in total. The van der Waals surface area contributed by atoms with Gasteiger partial charge in [0.05, 0.1) is 17.6 Å². The van der Waals surface area contributed by atoms with Crippen LogP contribution < -0.4 is 10.6 Å². The third kappa shape index (κ3) is 5.47. The van der Waals surface area contributed by atoms with E-state index in [9.17, 15) is 18.3 Å². The number of nitrogens with one attached hydrogen (secondary N) is 2. The van der Waals surface area contributed by atoms with Gasteiger partial charge in [-0.25, -0.2) is 13.2 Å². The first kappa shape index (κ1) is 19.4. The van der Waals surface area contributed by atoms with Gasteiger partial charge < -0.3 is 15.7 Å². The molecular weight excluding hydrogens is 322 g/mol. The zero-order chi connectivity index (χ0) is 17.7. The first-order valence-corrected chi connectivity index (χ1v) is 8.46. The molecule has 3 N–H and O–H groups in total. The molecule has 0 aromatic heterocycles. The SMILES string of the molecule is CCC(C)(O)CNC(=O)Nc1ccc(S(=O)(=O)N(C)OC)cc1. The van der Waals surface area contributed by atoms with Crippen LogP contribution in [0, 0.1) is 0 Å². The van der Waals surface area contributed by atoms with Gasteiger partial charge in [0.15, 0.2) is 0 Å². The van der Waals surface area contributed by atoms with E-state index in [0.29, 0.717) is 12.1 Å². The summed E-state index contributed by atoms with van der Waals surface area (Å²) in [5, 5.41) is 14.9. The predicted octanol–water partition coefficient (Wildman–Crippen LogP) is 1.15. The number of hydrogen-bond acceptors (Lipinski definition) is 5. The monoisotopic (exact) mass is 345 g/mol. The van der Waals surface area contributed by atoms with Crippen LogP contribution >= 0.6 is 0 Å². The normalized spacial score (nSPS) is 14.3. The molecule has 0 aliphatic heterocycles. The molecule has 0 fully saturated rings. The van der Waals surface area contributed by atoms with Crippen molar-refractivity contribution >= 4 is 21.7 Å². The van der Waals surface area contributed by atoms with Gasteiger partial charge in [0.25, 0.3) is 10.0 Å². The fourth-order valence-corrected chi connectivity index (χ4v) is 2.50. The Labute approximate surface area is 136 Å². The highest BCUT2D eigenvalue weighted by atomic mass is 32.2. The molecule has 23 heavy (non-hydrogen) atoms. The van der Waals surface area contributed by atoms with Crippen molar-refractivity contribution in [3.05, 3.63) is 24.3 Å². The average molecular weight is 345 g/mol. The molecule has 2 amide bonds. The molecule has 9 heteroatoms. The number of benzene rings is 1. The van der Waals surface area contributed by atoms with Gasteiger partial charge in [-0.15, -0.1) is 0 Å². The van der Waals surface area contributed by atoms with E-state index in [1.807, 2.05) is 6.92 Å². The molecule has 0 radical (unpaired) electrons. The molecule has 0 saturated carbocycles. The number of urea groups is 1. The van der Waals surface area contributed by atoms with Crippen LogP contribution in [0.4, 0.5) is 10.5 Å². The van der Waals surface area contributed by atoms with Gasteiger partial charge in [-0.1, -0.05) is 11.4 Å². The maximum Gasteiger partial charge on any atom is 0.319 e. The van der Waals surface area contributed by atoms with Crippen molar-refractivity contribution in [3.8, 4) is 0 Å². The van der Waals surface area contributed by atoms with Crippen LogP contribution in [0.3, 0.4) is 0 Å². The van der Waals surface area contributed by atoms with Crippen molar-refractivity contribution in [1.82, 2.24) is 9.79 Å². The summed E-state index contributed by atoms with van der Waals surface area (Å²) in [5.41, 5.74) is -0.544. The van der Waals surface area contributed by atoms with Crippen LogP contribution in [0.2, 0.25) is 0 Å². The van der Waals surface area contributed by atoms with Crippen molar-refractivity contribution in [2.45, 2.75) is 30.8 Å².